The molecule has 0 saturated heterocycles. The molecule has 2 aromatic carbocycles. The van der Waals surface area contributed by atoms with Crippen molar-refractivity contribution in [3.05, 3.63) is 82.2 Å². The number of benzene rings is 2. The van der Waals surface area contributed by atoms with Gasteiger partial charge in [0.15, 0.2) is 5.70 Å². The first-order chi connectivity index (χ1) is 12.6. The van der Waals surface area contributed by atoms with Gasteiger partial charge in [0.25, 0.3) is 0 Å². The van der Waals surface area contributed by atoms with Gasteiger partial charge in [0.2, 0.25) is 5.90 Å². The van der Waals surface area contributed by atoms with Crippen LogP contribution in [-0.2, 0) is 9.53 Å². The van der Waals surface area contributed by atoms with Crippen molar-refractivity contribution < 1.29 is 14.1 Å². The van der Waals surface area contributed by atoms with Crippen molar-refractivity contribution in [2.45, 2.75) is 6.92 Å². The fourth-order valence-electron chi connectivity index (χ4n) is 2.67. The molecule has 1 aliphatic heterocycles. The Labute approximate surface area is 154 Å². The Morgan fingerprint density at radius 3 is 2.54 bits per heavy atom. The quantitative estimate of drug-likeness (QED) is 0.501. The zero-order valence-corrected chi connectivity index (χ0v) is 14.5. The minimum atomic E-state index is -0.542. The number of ether oxygens (including phenoxy) is 1. The summed E-state index contributed by atoms with van der Waals surface area (Å²) >= 11 is 6.15. The number of carbonyl (C=O) groups is 1. The van der Waals surface area contributed by atoms with Gasteiger partial charge in [0.05, 0.1) is 0 Å². The van der Waals surface area contributed by atoms with Crippen molar-refractivity contribution in [1.29, 1.82) is 0 Å². The van der Waals surface area contributed by atoms with Crippen LogP contribution in [0.5, 0.6) is 0 Å². The van der Waals surface area contributed by atoms with Gasteiger partial charge in [-0.2, -0.15) is 0 Å². The Balaban J connectivity index is 1.78. The summed E-state index contributed by atoms with van der Waals surface area (Å²) in [6.07, 6.45) is 1.60. The summed E-state index contributed by atoms with van der Waals surface area (Å²) in [6.45, 7) is 1.75. The molecule has 26 heavy (non-hydrogen) atoms. The third-order valence-corrected chi connectivity index (χ3v) is 4.29. The molecule has 0 spiro atoms. The van der Waals surface area contributed by atoms with Crippen LogP contribution in [0.1, 0.15) is 16.9 Å². The van der Waals surface area contributed by atoms with Gasteiger partial charge in [-0.1, -0.05) is 65.3 Å². The maximum atomic E-state index is 12.3. The Bertz CT molecular complexity index is 1050. The first-order valence-electron chi connectivity index (χ1n) is 7.92. The summed E-state index contributed by atoms with van der Waals surface area (Å²) in [5, 5.41) is 4.62. The normalized spacial score (nSPS) is 15.2. The second kappa shape index (κ2) is 6.61. The molecule has 0 bridgehead atoms. The number of rotatable bonds is 3. The van der Waals surface area contributed by atoms with E-state index in [1.165, 1.54) is 0 Å². The molecule has 0 amide bonds. The van der Waals surface area contributed by atoms with Crippen molar-refractivity contribution in [3.8, 4) is 11.3 Å². The first kappa shape index (κ1) is 16.3. The van der Waals surface area contributed by atoms with Gasteiger partial charge in [-0.15, -0.1) is 0 Å². The number of aliphatic imine (C=N–C) groups is 1. The Hall–Kier alpha value is -3.18. The molecule has 6 heteroatoms. The third-order valence-electron chi connectivity index (χ3n) is 3.94. The molecule has 0 aliphatic carbocycles. The number of hydrogen-bond acceptors (Lipinski definition) is 5. The minimum Gasteiger partial charge on any atom is -0.402 e. The van der Waals surface area contributed by atoms with Crippen LogP contribution in [0.2, 0.25) is 5.02 Å². The number of esters is 1. The topological polar surface area (TPSA) is 64.7 Å². The largest absolute Gasteiger partial charge is 0.402 e. The molecule has 0 N–H and O–H groups in total. The summed E-state index contributed by atoms with van der Waals surface area (Å²) < 4.78 is 10.7. The molecule has 4 rings (SSSR count). The average Bonchev–Trinajstić information content (AvgIpc) is 3.20. The highest BCUT2D eigenvalue weighted by Gasteiger charge is 2.30. The van der Waals surface area contributed by atoms with Crippen LogP contribution in [-0.4, -0.2) is 17.0 Å². The Morgan fingerprint density at radius 2 is 1.77 bits per heavy atom. The van der Waals surface area contributed by atoms with E-state index < -0.39 is 5.97 Å². The van der Waals surface area contributed by atoms with Gasteiger partial charge >= 0.3 is 5.97 Å². The zero-order chi connectivity index (χ0) is 18.1. The van der Waals surface area contributed by atoms with E-state index in [0.717, 1.165) is 5.56 Å². The summed E-state index contributed by atoms with van der Waals surface area (Å²) in [5.74, 6) is 0.153. The number of halogens is 1. The number of hydrogen-bond donors (Lipinski definition) is 0. The maximum Gasteiger partial charge on any atom is 0.363 e. The summed E-state index contributed by atoms with van der Waals surface area (Å²) in [4.78, 5) is 16.6. The van der Waals surface area contributed by atoms with Crippen molar-refractivity contribution in [2.24, 2.45) is 4.99 Å². The Morgan fingerprint density at radius 1 is 1.04 bits per heavy atom. The van der Waals surface area contributed by atoms with Crippen molar-refractivity contribution in [3.63, 3.8) is 0 Å². The summed E-state index contributed by atoms with van der Waals surface area (Å²) in [5.41, 5.74) is 2.85. The lowest BCUT2D eigenvalue weighted by atomic mass is 10.1. The lowest BCUT2D eigenvalue weighted by Gasteiger charge is -2.01. The van der Waals surface area contributed by atoms with Crippen LogP contribution in [0, 0.1) is 6.92 Å². The molecule has 128 valence electrons. The van der Waals surface area contributed by atoms with Gasteiger partial charge in [0, 0.05) is 10.6 Å². The predicted octanol–water partition coefficient (Wildman–Crippen LogP) is 4.65. The number of aryl methyl sites for hydroxylation is 1. The molecular weight excluding hydrogens is 352 g/mol. The van der Waals surface area contributed by atoms with Crippen LogP contribution >= 0.6 is 11.6 Å². The van der Waals surface area contributed by atoms with Crippen LogP contribution in [0.3, 0.4) is 0 Å². The van der Waals surface area contributed by atoms with Gasteiger partial charge in [-0.25, -0.2) is 9.79 Å². The van der Waals surface area contributed by atoms with E-state index in [1.807, 2.05) is 42.5 Å². The van der Waals surface area contributed by atoms with Gasteiger partial charge in [0.1, 0.15) is 17.0 Å². The molecule has 1 aliphatic rings. The molecule has 0 unspecified atom stereocenters. The molecule has 0 radical (unpaired) electrons. The number of carbonyl (C=O) groups excluding carboxylic acids is 1. The third kappa shape index (κ3) is 2.93. The fraction of sp³-hybridized carbons (Fsp3) is 0.0500. The van der Waals surface area contributed by atoms with Crippen LogP contribution < -0.4 is 0 Å². The van der Waals surface area contributed by atoms with E-state index in [4.69, 9.17) is 20.9 Å². The van der Waals surface area contributed by atoms with Gasteiger partial charge in [-0.05, 0) is 24.6 Å². The first-order valence-corrected chi connectivity index (χ1v) is 8.30. The van der Waals surface area contributed by atoms with Crippen molar-refractivity contribution >= 4 is 29.5 Å². The second-order valence-corrected chi connectivity index (χ2v) is 6.09. The number of aromatic nitrogens is 1. The van der Waals surface area contributed by atoms with E-state index in [-0.39, 0.29) is 11.6 Å². The fourth-order valence-corrected chi connectivity index (χ4v) is 2.86. The summed E-state index contributed by atoms with van der Waals surface area (Å²) in [7, 11) is 0. The molecule has 2 heterocycles. The average molecular weight is 365 g/mol. The van der Waals surface area contributed by atoms with E-state index in [2.05, 4.69) is 10.1 Å². The molecule has 0 atom stereocenters. The van der Waals surface area contributed by atoms with E-state index in [1.54, 1.807) is 25.1 Å². The monoisotopic (exact) mass is 364 g/mol. The van der Waals surface area contributed by atoms with Crippen LogP contribution in [0.25, 0.3) is 17.3 Å². The second-order valence-electron chi connectivity index (χ2n) is 5.69. The highest BCUT2D eigenvalue weighted by Crippen LogP contribution is 2.30. The highest BCUT2D eigenvalue weighted by molar-refractivity contribution is 6.32. The highest BCUT2D eigenvalue weighted by atomic mass is 35.5. The number of cyclic esters (lactones) is 1. The molecule has 1 aromatic heterocycles. The molecular formula is C20H13ClN2O3. The number of nitrogens with zero attached hydrogens (tertiary/aromatic N) is 2. The summed E-state index contributed by atoms with van der Waals surface area (Å²) in [6, 6.07) is 16.7. The zero-order valence-electron chi connectivity index (χ0n) is 13.8. The Kier molecular flexibility index (Phi) is 4.14. The predicted molar refractivity (Wildman–Crippen MR) is 98.7 cm³/mol. The van der Waals surface area contributed by atoms with E-state index in [9.17, 15) is 4.79 Å². The lowest BCUT2D eigenvalue weighted by Crippen LogP contribution is -2.07. The van der Waals surface area contributed by atoms with Crippen molar-refractivity contribution in [2.75, 3.05) is 0 Å². The van der Waals surface area contributed by atoms with Crippen LogP contribution in [0.15, 0.2) is 69.8 Å². The van der Waals surface area contributed by atoms with E-state index >= 15 is 0 Å². The standard InChI is InChI=1S/C20H13ClN2O3/c1-12-17(18(23-26-12)13-7-3-2-4-8-13)19-22-16(20(24)25-19)11-14-9-5-6-10-15(14)21/h2-11H,1H3/b16-11+. The van der Waals surface area contributed by atoms with Gasteiger partial charge in [-0.3, -0.25) is 0 Å². The van der Waals surface area contributed by atoms with Crippen molar-refractivity contribution in [1.82, 2.24) is 5.16 Å². The van der Waals surface area contributed by atoms with Gasteiger partial charge < -0.3 is 9.26 Å². The molecule has 0 saturated carbocycles. The van der Waals surface area contributed by atoms with E-state index in [0.29, 0.717) is 27.6 Å². The molecule has 3 aromatic rings. The maximum absolute atomic E-state index is 12.3. The molecule has 5 nitrogen and oxygen atoms in total. The van der Waals surface area contributed by atoms with Crippen LogP contribution in [0.4, 0.5) is 0 Å². The molecule has 0 fully saturated rings. The minimum absolute atomic E-state index is 0.172. The SMILES string of the molecule is Cc1onc(-c2ccccc2)c1C1=N/C(=C/c2ccccc2Cl)C(=O)O1. The lowest BCUT2D eigenvalue weighted by molar-refractivity contribution is -0.129. The smallest absolute Gasteiger partial charge is 0.363 e.